The molecule has 0 aliphatic carbocycles. The quantitative estimate of drug-likeness (QED) is 0.563. The minimum atomic E-state index is -0.974. The average molecular weight is 332 g/mol. The van der Waals surface area contributed by atoms with Crippen LogP contribution in [0, 0.1) is 0 Å². The molecule has 0 bridgehead atoms. The highest BCUT2D eigenvalue weighted by atomic mass is 16.7. The number of esters is 2. The smallest absolute Gasteiger partial charge is 0.305 e. The van der Waals surface area contributed by atoms with Gasteiger partial charge in [0.25, 0.3) is 6.29 Å². The second-order valence-electron chi connectivity index (χ2n) is 6.90. The van der Waals surface area contributed by atoms with E-state index in [1.54, 1.807) is 0 Å². The van der Waals surface area contributed by atoms with E-state index in [0.29, 0.717) is 6.42 Å². The molecule has 24 heavy (non-hydrogen) atoms. The summed E-state index contributed by atoms with van der Waals surface area (Å²) in [4.78, 5) is 22.7. The fourth-order valence-electron chi connectivity index (χ4n) is 2.33. The van der Waals surface area contributed by atoms with Gasteiger partial charge in [0.15, 0.2) is 0 Å². The molecule has 1 aromatic carbocycles. The normalized spacial score (nSPS) is 12.2. The van der Waals surface area contributed by atoms with Crippen LogP contribution < -0.4 is 0 Å². The summed E-state index contributed by atoms with van der Waals surface area (Å²) in [5.74, 6) is -0.960. The van der Waals surface area contributed by atoms with Crippen molar-refractivity contribution < 1.29 is 19.1 Å². The van der Waals surface area contributed by atoms with Crippen molar-refractivity contribution in [2.45, 2.75) is 66.1 Å². The van der Waals surface area contributed by atoms with Gasteiger partial charge in [0.2, 0.25) is 0 Å². The van der Waals surface area contributed by atoms with Gasteiger partial charge in [-0.1, -0.05) is 58.4 Å². The number of carbonyl (C=O) groups excluding carboxylic acids is 2. The van der Waals surface area contributed by atoms with Crippen molar-refractivity contribution in [3.8, 4) is 0 Å². The Morgan fingerprint density at radius 3 is 2.17 bits per heavy atom. The highest BCUT2D eigenvalue weighted by Crippen LogP contribution is 2.25. The Labute approximate surface area is 144 Å². The Kier molecular flexibility index (Phi) is 7.20. The first-order valence-corrected chi connectivity index (χ1v) is 8.29. The van der Waals surface area contributed by atoms with Crippen LogP contribution in [0.3, 0.4) is 0 Å². The van der Waals surface area contributed by atoms with E-state index >= 15 is 0 Å². The third-order valence-electron chi connectivity index (χ3n) is 3.49. The lowest BCUT2D eigenvalue weighted by Gasteiger charge is -2.21. The summed E-state index contributed by atoms with van der Waals surface area (Å²) in [5.41, 5.74) is 3.02. The lowest BCUT2D eigenvalue weighted by Crippen LogP contribution is -2.24. The summed E-state index contributed by atoms with van der Waals surface area (Å²) in [6.45, 7) is 11.1. The lowest BCUT2D eigenvalue weighted by molar-refractivity contribution is -0.178. The van der Waals surface area contributed by atoms with Crippen LogP contribution in [0.4, 0.5) is 0 Å². The molecule has 0 aliphatic heterocycles. The fourth-order valence-corrected chi connectivity index (χ4v) is 2.33. The minimum Gasteiger partial charge on any atom is -0.421 e. The molecule has 0 aliphatic rings. The zero-order valence-electron chi connectivity index (χ0n) is 15.5. The van der Waals surface area contributed by atoms with E-state index in [9.17, 15) is 9.59 Å². The first-order valence-electron chi connectivity index (χ1n) is 8.29. The van der Waals surface area contributed by atoms with Crippen molar-refractivity contribution in [3.63, 3.8) is 0 Å². The SMILES string of the molecule is CCC/C(=C\c1cccc(C(C)(C)C)c1)C(OC(C)=O)OC(C)=O. The van der Waals surface area contributed by atoms with Gasteiger partial charge in [-0.2, -0.15) is 0 Å². The molecule has 0 N–H and O–H groups in total. The molecule has 132 valence electrons. The predicted octanol–water partition coefficient (Wildman–Crippen LogP) is 4.62. The Hall–Kier alpha value is -2.10. The fraction of sp³-hybridized carbons (Fsp3) is 0.500. The van der Waals surface area contributed by atoms with Crippen LogP contribution in [0.5, 0.6) is 0 Å². The van der Waals surface area contributed by atoms with Crippen LogP contribution in [0.2, 0.25) is 0 Å². The summed E-state index contributed by atoms with van der Waals surface area (Å²) in [5, 5.41) is 0. The van der Waals surface area contributed by atoms with E-state index in [-0.39, 0.29) is 5.41 Å². The molecular weight excluding hydrogens is 304 g/mol. The third kappa shape index (κ3) is 6.57. The summed E-state index contributed by atoms with van der Waals surface area (Å²) >= 11 is 0. The highest BCUT2D eigenvalue weighted by molar-refractivity contribution is 5.69. The van der Waals surface area contributed by atoms with Gasteiger partial charge >= 0.3 is 11.9 Å². The molecule has 4 heteroatoms. The standard InChI is InChI=1S/C20H28O4/c1-7-9-17(19(23-14(2)21)24-15(3)22)12-16-10-8-11-18(13-16)20(4,5)6/h8,10-13,19H,7,9H2,1-6H3/b17-12+. The van der Waals surface area contributed by atoms with Crippen LogP contribution in [0.15, 0.2) is 29.8 Å². The van der Waals surface area contributed by atoms with Crippen LogP contribution in [0.1, 0.15) is 65.5 Å². The molecule has 4 nitrogen and oxygen atoms in total. The van der Waals surface area contributed by atoms with E-state index in [1.165, 1.54) is 19.4 Å². The Balaban J connectivity index is 3.22. The first-order chi connectivity index (χ1) is 11.1. The highest BCUT2D eigenvalue weighted by Gasteiger charge is 2.21. The number of ether oxygens (including phenoxy) is 2. The topological polar surface area (TPSA) is 52.6 Å². The molecule has 0 unspecified atom stereocenters. The first kappa shape index (κ1) is 19.9. The van der Waals surface area contributed by atoms with Crippen molar-refractivity contribution in [1.82, 2.24) is 0 Å². The van der Waals surface area contributed by atoms with Crippen molar-refractivity contribution in [3.05, 3.63) is 41.0 Å². The molecule has 0 saturated carbocycles. The molecule has 0 fully saturated rings. The molecule has 0 atom stereocenters. The number of rotatable bonds is 6. The molecule has 0 spiro atoms. The Morgan fingerprint density at radius 1 is 1.12 bits per heavy atom. The van der Waals surface area contributed by atoms with Gasteiger partial charge in [-0.3, -0.25) is 9.59 Å². The van der Waals surface area contributed by atoms with Gasteiger partial charge in [0.05, 0.1) is 0 Å². The van der Waals surface area contributed by atoms with E-state index in [2.05, 4.69) is 32.9 Å². The van der Waals surface area contributed by atoms with Gasteiger partial charge in [0, 0.05) is 19.4 Å². The monoisotopic (exact) mass is 332 g/mol. The van der Waals surface area contributed by atoms with Crippen molar-refractivity contribution >= 4 is 18.0 Å². The lowest BCUT2D eigenvalue weighted by atomic mass is 9.86. The second-order valence-corrected chi connectivity index (χ2v) is 6.90. The summed E-state index contributed by atoms with van der Waals surface area (Å²) in [6, 6.07) is 8.19. The van der Waals surface area contributed by atoms with Crippen molar-refractivity contribution in [2.24, 2.45) is 0 Å². The second kappa shape index (κ2) is 8.67. The third-order valence-corrected chi connectivity index (χ3v) is 3.49. The average Bonchev–Trinajstić information content (AvgIpc) is 2.44. The van der Waals surface area contributed by atoms with E-state index in [1.807, 2.05) is 25.1 Å². The molecule has 0 heterocycles. The van der Waals surface area contributed by atoms with Gasteiger partial charge in [0.1, 0.15) is 0 Å². The van der Waals surface area contributed by atoms with Gasteiger partial charge in [-0.15, -0.1) is 0 Å². The Morgan fingerprint density at radius 2 is 1.71 bits per heavy atom. The summed E-state index contributed by atoms with van der Waals surface area (Å²) < 4.78 is 10.4. The van der Waals surface area contributed by atoms with Crippen LogP contribution in [-0.2, 0) is 24.5 Å². The molecule has 1 aromatic rings. The summed E-state index contributed by atoms with van der Waals surface area (Å²) in [7, 11) is 0. The zero-order valence-corrected chi connectivity index (χ0v) is 15.5. The number of hydrogen-bond acceptors (Lipinski definition) is 4. The maximum atomic E-state index is 11.3. The van der Waals surface area contributed by atoms with Gasteiger partial charge in [-0.05, 0) is 29.0 Å². The number of benzene rings is 1. The molecule has 0 radical (unpaired) electrons. The molecule has 1 rings (SSSR count). The Bertz CT molecular complexity index is 592. The van der Waals surface area contributed by atoms with E-state index < -0.39 is 18.2 Å². The molecule has 0 saturated heterocycles. The zero-order chi connectivity index (χ0) is 18.3. The largest absolute Gasteiger partial charge is 0.421 e. The number of carbonyl (C=O) groups is 2. The molecule has 0 aromatic heterocycles. The van der Waals surface area contributed by atoms with E-state index in [4.69, 9.17) is 9.47 Å². The van der Waals surface area contributed by atoms with Crippen molar-refractivity contribution in [2.75, 3.05) is 0 Å². The molecule has 0 amide bonds. The summed E-state index contributed by atoms with van der Waals surface area (Å²) in [6.07, 6.45) is 2.49. The van der Waals surface area contributed by atoms with Gasteiger partial charge < -0.3 is 9.47 Å². The minimum absolute atomic E-state index is 0.0416. The van der Waals surface area contributed by atoms with Crippen LogP contribution in [-0.4, -0.2) is 18.2 Å². The molecular formula is C20H28O4. The maximum absolute atomic E-state index is 11.3. The maximum Gasteiger partial charge on any atom is 0.305 e. The van der Waals surface area contributed by atoms with Crippen LogP contribution >= 0.6 is 0 Å². The number of hydrogen-bond donors (Lipinski definition) is 0. The predicted molar refractivity (Wildman–Crippen MR) is 95.3 cm³/mol. The van der Waals surface area contributed by atoms with E-state index in [0.717, 1.165) is 17.6 Å². The van der Waals surface area contributed by atoms with Crippen molar-refractivity contribution in [1.29, 1.82) is 0 Å². The van der Waals surface area contributed by atoms with Gasteiger partial charge in [-0.25, -0.2) is 0 Å². The van der Waals surface area contributed by atoms with Crippen LogP contribution in [0.25, 0.3) is 6.08 Å².